The summed E-state index contributed by atoms with van der Waals surface area (Å²) in [5.41, 5.74) is 2.17. The molecule has 1 aromatic rings. The number of nitrogens with one attached hydrogen (secondary N) is 2. The van der Waals surface area contributed by atoms with Crippen LogP contribution in [0.2, 0.25) is 0 Å². The van der Waals surface area contributed by atoms with E-state index in [1.807, 2.05) is 25.1 Å². The van der Waals surface area contributed by atoms with Crippen LogP contribution in [0.4, 0.5) is 4.79 Å². The van der Waals surface area contributed by atoms with E-state index in [0.717, 1.165) is 29.7 Å². The van der Waals surface area contributed by atoms with Crippen LogP contribution in [0.5, 0.6) is 5.75 Å². The van der Waals surface area contributed by atoms with E-state index < -0.39 is 0 Å². The van der Waals surface area contributed by atoms with Crippen molar-refractivity contribution in [3.8, 4) is 5.75 Å². The van der Waals surface area contributed by atoms with Gasteiger partial charge in [0.25, 0.3) is 0 Å². The standard InChI is InChI=1S/C16H24N2O2/c1-12-10-13(8-9-15(12)20-2)11-17-16(19)18-14-6-4-3-5-7-14/h8-10,14H,3-7,11H2,1-2H3,(H2,17,18,19). The number of carbonyl (C=O) groups excluding carboxylic acids is 1. The lowest BCUT2D eigenvalue weighted by Crippen LogP contribution is -2.42. The molecule has 110 valence electrons. The van der Waals surface area contributed by atoms with Crippen LogP contribution in [0.15, 0.2) is 18.2 Å². The largest absolute Gasteiger partial charge is 0.496 e. The summed E-state index contributed by atoms with van der Waals surface area (Å²) >= 11 is 0. The average molecular weight is 276 g/mol. The highest BCUT2D eigenvalue weighted by molar-refractivity contribution is 5.74. The smallest absolute Gasteiger partial charge is 0.315 e. The predicted octanol–water partition coefficient (Wildman–Crippen LogP) is 3.14. The summed E-state index contributed by atoms with van der Waals surface area (Å²) in [4.78, 5) is 11.8. The van der Waals surface area contributed by atoms with Crippen molar-refractivity contribution >= 4 is 6.03 Å². The molecule has 1 aromatic carbocycles. The summed E-state index contributed by atoms with van der Waals surface area (Å²) < 4.78 is 5.23. The molecule has 20 heavy (non-hydrogen) atoms. The summed E-state index contributed by atoms with van der Waals surface area (Å²) in [6, 6.07) is 6.24. The molecule has 0 heterocycles. The van der Waals surface area contributed by atoms with Gasteiger partial charge in [-0.05, 0) is 37.0 Å². The van der Waals surface area contributed by atoms with Gasteiger partial charge in [0.15, 0.2) is 0 Å². The first-order valence-electron chi connectivity index (χ1n) is 7.37. The number of ether oxygens (including phenoxy) is 1. The molecule has 0 aliphatic heterocycles. The molecule has 0 radical (unpaired) electrons. The molecular formula is C16H24N2O2. The minimum atomic E-state index is -0.0645. The fraction of sp³-hybridized carbons (Fsp3) is 0.562. The maximum atomic E-state index is 11.8. The van der Waals surface area contributed by atoms with Crippen LogP contribution in [0.25, 0.3) is 0 Å². The van der Waals surface area contributed by atoms with Crippen molar-refractivity contribution in [1.29, 1.82) is 0 Å². The van der Waals surface area contributed by atoms with Gasteiger partial charge in [0, 0.05) is 12.6 Å². The maximum absolute atomic E-state index is 11.8. The zero-order chi connectivity index (χ0) is 14.4. The molecule has 2 rings (SSSR count). The predicted molar refractivity (Wildman–Crippen MR) is 80.0 cm³/mol. The van der Waals surface area contributed by atoms with Gasteiger partial charge < -0.3 is 15.4 Å². The number of hydrogen-bond acceptors (Lipinski definition) is 2. The Kier molecular flexibility index (Phi) is 5.27. The van der Waals surface area contributed by atoms with Gasteiger partial charge in [0.1, 0.15) is 5.75 Å². The number of methoxy groups -OCH3 is 1. The Balaban J connectivity index is 1.79. The molecule has 0 bridgehead atoms. The van der Waals surface area contributed by atoms with Crippen molar-refractivity contribution < 1.29 is 9.53 Å². The van der Waals surface area contributed by atoms with Crippen LogP contribution >= 0.6 is 0 Å². The Morgan fingerprint density at radius 3 is 2.70 bits per heavy atom. The summed E-state index contributed by atoms with van der Waals surface area (Å²) in [7, 11) is 1.66. The first-order valence-corrected chi connectivity index (χ1v) is 7.37. The highest BCUT2D eigenvalue weighted by Gasteiger charge is 2.15. The van der Waals surface area contributed by atoms with Crippen LogP contribution in [0, 0.1) is 6.92 Å². The average Bonchev–Trinajstić information content (AvgIpc) is 2.46. The molecule has 1 fully saturated rings. The Morgan fingerprint density at radius 2 is 2.05 bits per heavy atom. The molecule has 0 saturated heterocycles. The van der Waals surface area contributed by atoms with Gasteiger partial charge in [-0.15, -0.1) is 0 Å². The Labute approximate surface area is 120 Å². The van der Waals surface area contributed by atoms with Gasteiger partial charge in [-0.1, -0.05) is 31.4 Å². The van der Waals surface area contributed by atoms with Crippen LogP contribution < -0.4 is 15.4 Å². The summed E-state index contributed by atoms with van der Waals surface area (Å²) in [5.74, 6) is 0.875. The van der Waals surface area contributed by atoms with E-state index in [1.54, 1.807) is 7.11 Å². The molecule has 0 aromatic heterocycles. The van der Waals surface area contributed by atoms with Gasteiger partial charge in [-0.2, -0.15) is 0 Å². The molecule has 0 spiro atoms. The Bertz CT molecular complexity index is 454. The molecular weight excluding hydrogens is 252 g/mol. The van der Waals surface area contributed by atoms with Crippen molar-refractivity contribution in [2.24, 2.45) is 0 Å². The Morgan fingerprint density at radius 1 is 1.30 bits per heavy atom. The molecule has 1 aliphatic rings. The van der Waals surface area contributed by atoms with E-state index in [4.69, 9.17) is 4.74 Å². The summed E-state index contributed by atoms with van der Waals surface area (Å²) in [6.07, 6.45) is 5.96. The fourth-order valence-corrected chi connectivity index (χ4v) is 2.72. The maximum Gasteiger partial charge on any atom is 0.315 e. The van der Waals surface area contributed by atoms with Crippen molar-refractivity contribution in [2.75, 3.05) is 7.11 Å². The van der Waals surface area contributed by atoms with Crippen molar-refractivity contribution in [2.45, 2.75) is 51.6 Å². The van der Waals surface area contributed by atoms with E-state index in [9.17, 15) is 4.79 Å². The van der Waals surface area contributed by atoms with Gasteiger partial charge in [-0.25, -0.2) is 4.79 Å². The van der Waals surface area contributed by atoms with Crippen molar-refractivity contribution in [1.82, 2.24) is 10.6 Å². The minimum absolute atomic E-state index is 0.0645. The molecule has 4 nitrogen and oxygen atoms in total. The van der Waals surface area contributed by atoms with Gasteiger partial charge in [0.05, 0.1) is 7.11 Å². The number of hydrogen-bond donors (Lipinski definition) is 2. The zero-order valence-electron chi connectivity index (χ0n) is 12.4. The monoisotopic (exact) mass is 276 g/mol. The highest BCUT2D eigenvalue weighted by Crippen LogP contribution is 2.19. The first-order chi connectivity index (χ1) is 9.69. The minimum Gasteiger partial charge on any atom is -0.496 e. The molecule has 0 atom stereocenters. The lowest BCUT2D eigenvalue weighted by molar-refractivity contribution is 0.232. The van der Waals surface area contributed by atoms with Crippen LogP contribution in [0.3, 0.4) is 0 Å². The van der Waals surface area contributed by atoms with Crippen LogP contribution in [-0.2, 0) is 6.54 Å². The summed E-state index contributed by atoms with van der Waals surface area (Å²) in [5, 5.41) is 5.97. The van der Waals surface area contributed by atoms with Crippen LogP contribution in [-0.4, -0.2) is 19.2 Å². The van der Waals surface area contributed by atoms with Gasteiger partial charge >= 0.3 is 6.03 Å². The molecule has 1 saturated carbocycles. The number of urea groups is 1. The topological polar surface area (TPSA) is 50.4 Å². The number of carbonyl (C=O) groups is 1. The third-order valence-corrected chi connectivity index (χ3v) is 3.85. The molecule has 1 aliphatic carbocycles. The molecule has 4 heteroatoms. The van der Waals surface area contributed by atoms with E-state index in [-0.39, 0.29) is 6.03 Å². The number of amides is 2. The van der Waals surface area contributed by atoms with Gasteiger partial charge in [0.2, 0.25) is 0 Å². The van der Waals surface area contributed by atoms with E-state index in [2.05, 4.69) is 10.6 Å². The zero-order valence-corrected chi connectivity index (χ0v) is 12.4. The second-order valence-corrected chi connectivity index (χ2v) is 5.47. The lowest BCUT2D eigenvalue weighted by atomic mass is 9.96. The van der Waals surface area contributed by atoms with E-state index in [1.165, 1.54) is 19.3 Å². The first kappa shape index (κ1) is 14.7. The molecule has 2 amide bonds. The SMILES string of the molecule is COc1ccc(CNC(=O)NC2CCCCC2)cc1C. The van der Waals surface area contributed by atoms with E-state index in [0.29, 0.717) is 12.6 Å². The van der Waals surface area contributed by atoms with Crippen molar-refractivity contribution in [3.05, 3.63) is 29.3 Å². The molecule has 2 N–H and O–H groups in total. The second-order valence-electron chi connectivity index (χ2n) is 5.47. The molecule has 0 unspecified atom stereocenters. The number of benzene rings is 1. The van der Waals surface area contributed by atoms with Crippen LogP contribution in [0.1, 0.15) is 43.2 Å². The Hall–Kier alpha value is -1.71. The lowest BCUT2D eigenvalue weighted by Gasteiger charge is -2.22. The van der Waals surface area contributed by atoms with Crippen molar-refractivity contribution in [3.63, 3.8) is 0 Å². The second kappa shape index (κ2) is 7.17. The summed E-state index contributed by atoms with van der Waals surface area (Å²) in [6.45, 7) is 2.55. The number of rotatable bonds is 4. The van der Waals surface area contributed by atoms with Gasteiger partial charge in [-0.3, -0.25) is 0 Å². The highest BCUT2D eigenvalue weighted by atomic mass is 16.5. The quantitative estimate of drug-likeness (QED) is 0.887. The van der Waals surface area contributed by atoms with E-state index >= 15 is 0 Å². The third kappa shape index (κ3) is 4.15. The fourth-order valence-electron chi connectivity index (χ4n) is 2.72. The number of aryl methyl sites for hydroxylation is 1. The third-order valence-electron chi connectivity index (χ3n) is 3.85. The normalized spacial score (nSPS) is 15.7.